The molecule has 2 aromatic rings. The molecule has 0 saturated carbocycles. The Morgan fingerprint density at radius 1 is 1.29 bits per heavy atom. The molecule has 1 aromatic carbocycles. The molecular weight excluding hydrogens is 290 g/mol. The number of rotatable bonds is 7. The number of sulfone groups is 1. The summed E-state index contributed by atoms with van der Waals surface area (Å²) in [6, 6.07) is 9.14. The summed E-state index contributed by atoms with van der Waals surface area (Å²) in [5.41, 5.74) is 0. The van der Waals surface area contributed by atoms with Gasteiger partial charge in [-0.05, 0) is 19.1 Å². The molecule has 6 nitrogen and oxygen atoms in total. The van der Waals surface area contributed by atoms with Crippen LogP contribution in [0.25, 0.3) is 0 Å². The highest BCUT2D eigenvalue weighted by Gasteiger charge is 2.26. The van der Waals surface area contributed by atoms with E-state index in [2.05, 4.69) is 15.2 Å². The molecule has 0 saturated heterocycles. The van der Waals surface area contributed by atoms with Gasteiger partial charge in [0.05, 0.1) is 5.75 Å². The number of H-pyrrole nitrogens is 1. The summed E-state index contributed by atoms with van der Waals surface area (Å²) in [5, 5.41) is 5.95. The second-order valence-corrected chi connectivity index (χ2v) is 7.11. The molecule has 21 heavy (non-hydrogen) atoms. The fraction of sp³-hybridized carbons (Fsp3) is 0.429. The number of hydrogen-bond donors (Lipinski definition) is 1. The van der Waals surface area contributed by atoms with E-state index in [-0.39, 0.29) is 12.4 Å². The second kappa shape index (κ2) is 6.71. The normalized spacial score (nSPS) is 13.0. The van der Waals surface area contributed by atoms with E-state index in [1.54, 1.807) is 19.1 Å². The highest BCUT2D eigenvalue weighted by atomic mass is 32.2. The van der Waals surface area contributed by atoms with Crippen LogP contribution in [0.1, 0.15) is 30.7 Å². The number of aromatic amines is 1. The molecule has 2 rings (SSSR count). The Bertz CT molecular complexity index is 668. The molecule has 1 N–H and O–H groups in total. The van der Waals surface area contributed by atoms with Crippen molar-refractivity contribution in [3.8, 4) is 5.75 Å². The van der Waals surface area contributed by atoms with Crippen molar-refractivity contribution < 1.29 is 13.2 Å². The van der Waals surface area contributed by atoms with Gasteiger partial charge in [-0.15, -0.1) is 0 Å². The first-order chi connectivity index (χ1) is 10.0. The Morgan fingerprint density at radius 3 is 2.62 bits per heavy atom. The van der Waals surface area contributed by atoms with Crippen molar-refractivity contribution in [1.29, 1.82) is 0 Å². The topological polar surface area (TPSA) is 84.9 Å². The van der Waals surface area contributed by atoms with E-state index in [1.807, 2.05) is 25.1 Å². The van der Waals surface area contributed by atoms with Gasteiger partial charge in [-0.1, -0.05) is 25.1 Å². The Hall–Kier alpha value is -1.89. The average Bonchev–Trinajstić information content (AvgIpc) is 2.96. The van der Waals surface area contributed by atoms with Crippen LogP contribution >= 0.6 is 0 Å². The van der Waals surface area contributed by atoms with Crippen LogP contribution in [0, 0.1) is 0 Å². The maximum Gasteiger partial charge on any atom is 0.168 e. The molecule has 1 atom stereocenters. The Kier molecular flexibility index (Phi) is 4.95. The van der Waals surface area contributed by atoms with Crippen molar-refractivity contribution >= 4 is 9.84 Å². The largest absolute Gasteiger partial charge is 0.493 e. The molecular formula is C14H19N3O3S. The quantitative estimate of drug-likeness (QED) is 0.844. The lowest BCUT2D eigenvalue weighted by atomic mass is 10.3. The van der Waals surface area contributed by atoms with Gasteiger partial charge in [0.2, 0.25) is 0 Å². The van der Waals surface area contributed by atoms with E-state index in [9.17, 15) is 8.42 Å². The molecule has 0 amide bonds. The Morgan fingerprint density at radius 2 is 2.00 bits per heavy atom. The van der Waals surface area contributed by atoms with Crippen LogP contribution in [0.2, 0.25) is 0 Å². The molecule has 1 aromatic heterocycles. The van der Waals surface area contributed by atoms with Crippen molar-refractivity contribution in [2.45, 2.75) is 25.5 Å². The number of aromatic nitrogens is 3. The standard InChI is InChI=1S/C14H19N3O3S/c1-3-13-15-14(17-16-13)11(2)21(18,19)10-9-20-12-7-5-4-6-8-12/h4-8,11H,3,9-10H2,1-2H3,(H,15,16,17). The summed E-state index contributed by atoms with van der Waals surface area (Å²) in [7, 11) is -3.35. The molecule has 114 valence electrons. The van der Waals surface area contributed by atoms with Crippen LogP contribution in [-0.2, 0) is 16.3 Å². The first-order valence-corrected chi connectivity index (χ1v) is 8.55. The van der Waals surface area contributed by atoms with E-state index in [0.717, 1.165) is 0 Å². The molecule has 0 fully saturated rings. The van der Waals surface area contributed by atoms with Gasteiger partial charge in [0, 0.05) is 6.42 Å². The summed E-state index contributed by atoms with van der Waals surface area (Å²) in [6.45, 7) is 3.64. The van der Waals surface area contributed by atoms with Crippen LogP contribution in [0.4, 0.5) is 0 Å². The zero-order valence-electron chi connectivity index (χ0n) is 12.1. The number of para-hydroxylation sites is 1. The predicted molar refractivity (Wildman–Crippen MR) is 79.9 cm³/mol. The van der Waals surface area contributed by atoms with Gasteiger partial charge in [0.25, 0.3) is 0 Å². The van der Waals surface area contributed by atoms with Gasteiger partial charge in [-0.2, -0.15) is 5.10 Å². The minimum atomic E-state index is -3.35. The first-order valence-electron chi connectivity index (χ1n) is 6.83. The fourth-order valence-electron chi connectivity index (χ4n) is 1.78. The summed E-state index contributed by atoms with van der Waals surface area (Å²) >= 11 is 0. The maximum atomic E-state index is 12.2. The monoisotopic (exact) mass is 309 g/mol. The van der Waals surface area contributed by atoms with E-state index in [0.29, 0.717) is 23.8 Å². The summed E-state index contributed by atoms with van der Waals surface area (Å²) < 4.78 is 29.9. The zero-order valence-corrected chi connectivity index (χ0v) is 12.9. The van der Waals surface area contributed by atoms with E-state index < -0.39 is 15.1 Å². The number of benzene rings is 1. The van der Waals surface area contributed by atoms with Gasteiger partial charge in [-0.3, -0.25) is 5.10 Å². The van der Waals surface area contributed by atoms with Gasteiger partial charge in [-0.25, -0.2) is 13.4 Å². The highest BCUT2D eigenvalue weighted by molar-refractivity contribution is 7.91. The molecule has 1 unspecified atom stereocenters. The highest BCUT2D eigenvalue weighted by Crippen LogP contribution is 2.19. The minimum absolute atomic E-state index is 0.0704. The number of nitrogens with one attached hydrogen (secondary N) is 1. The number of ether oxygens (including phenoxy) is 1. The Labute approximate surface area is 124 Å². The second-order valence-electron chi connectivity index (χ2n) is 4.66. The molecule has 0 aliphatic heterocycles. The van der Waals surface area contributed by atoms with E-state index in [1.165, 1.54) is 0 Å². The van der Waals surface area contributed by atoms with Crippen molar-refractivity contribution in [3.05, 3.63) is 42.0 Å². The van der Waals surface area contributed by atoms with Crippen molar-refractivity contribution in [1.82, 2.24) is 15.2 Å². The minimum Gasteiger partial charge on any atom is -0.493 e. The van der Waals surface area contributed by atoms with Crippen molar-refractivity contribution in [2.24, 2.45) is 0 Å². The maximum absolute atomic E-state index is 12.2. The van der Waals surface area contributed by atoms with Gasteiger partial charge < -0.3 is 4.74 Å². The molecule has 7 heteroatoms. The van der Waals surface area contributed by atoms with Crippen LogP contribution in [0.3, 0.4) is 0 Å². The van der Waals surface area contributed by atoms with Crippen molar-refractivity contribution in [2.75, 3.05) is 12.4 Å². The molecule has 0 radical (unpaired) electrons. The number of nitrogens with zero attached hydrogens (tertiary/aromatic N) is 2. The lowest BCUT2D eigenvalue weighted by molar-refractivity contribution is 0.340. The summed E-state index contributed by atoms with van der Waals surface area (Å²) in [6.07, 6.45) is 0.691. The molecule has 0 spiro atoms. The third-order valence-electron chi connectivity index (χ3n) is 3.17. The smallest absolute Gasteiger partial charge is 0.168 e. The Balaban J connectivity index is 1.94. The number of aryl methyl sites for hydroxylation is 1. The van der Waals surface area contributed by atoms with Crippen molar-refractivity contribution in [3.63, 3.8) is 0 Å². The van der Waals surface area contributed by atoms with Crippen LogP contribution in [-0.4, -0.2) is 36.0 Å². The van der Waals surface area contributed by atoms with Gasteiger partial charge in [0.1, 0.15) is 23.4 Å². The zero-order chi connectivity index (χ0) is 15.3. The van der Waals surface area contributed by atoms with Crippen LogP contribution in [0.5, 0.6) is 5.75 Å². The first kappa shape index (κ1) is 15.5. The molecule has 0 bridgehead atoms. The van der Waals surface area contributed by atoms with Crippen LogP contribution < -0.4 is 4.74 Å². The molecule has 0 aliphatic rings. The van der Waals surface area contributed by atoms with E-state index >= 15 is 0 Å². The SMILES string of the molecule is CCc1nc(C(C)S(=O)(=O)CCOc2ccccc2)n[nH]1. The third-order valence-corrected chi connectivity index (χ3v) is 5.19. The van der Waals surface area contributed by atoms with Gasteiger partial charge >= 0.3 is 0 Å². The number of hydrogen-bond acceptors (Lipinski definition) is 5. The van der Waals surface area contributed by atoms with Gasteiger partial charge in [0.15, 0.2) is 15.7 Å². The average molecular weight is 309 g/mol. The van der Waals surface area contributed by atoms with E-state index in [4.69, 9.17) is 4.74 Å². The summed E-state index contributed by atoms with van der Waals surface area (Å²) in [4.78, 5) is 4.17. The van der Waals surface area contributed by atoms with Crippen LogP contribution in [0.15, 0.2) is 30.3 Å². The molecule has 0 aliphatic carbocycles. The predicted octanol–water partition coefficient (Wildman–Crippen LogP) is 1.92. The molecule has 1 heterocycles. The fourth-order valence-corrected chi connectivity index (χ4v) is 2.88. The lowest BCUT2D eigenvalue weighted by Gasteiger charge is -2.10. The third kappa shape index (κ3) is 4.04. The summed E-state index contributed by atoms with van der Waals surface area (Å²) in [5.74, 6) is 1.59. The lowest BCUT2D eigenvalue weighted by Crippen LogP contribution is -2.20.